The third-order valence-electron chi connectivity index (χ3n) is 2.12. The van der Waals surface area contributed by atoms with E-state index in [4.69, 9.17) is 9.47 Å². The van der Waals surface area contributed by atoms with Crippen LogP contribution in [0.1, 0.15) is 60.8 Å². The fraction of sp³-hybridized carbons (Fsp3) is 0.857. The van der Waals surface area contributed by atoms with E-state index in [-0.39, 0.29) is 6.10 Å². The van der Waals surface area contributed by atoms with Crippen LogP contribution in [-0.4, -0.2) is 18.3 Å². The minimum Gasteiger partial charge on any atom is -0.496 e. The van der Waals surface area contributed by atoms with Crippen LogP contribution in [-0.2, 0) is 9.47 Å². The SMILES string of the molecule is CC/C=C(/CCC(C)OC(C)C)OC(C)C. The molecule has 0 saturated carbocycles. The molecular formula is C14H28O2. The van der Waals surface area contributed by atoms with Crippen molar-refractivity contribution in [2.45, 2.75) is 79.1 Å². The molecule has 16 heavy (non-hydrogen) atoms. The fourth-order valence-electron chi connectivity index (χ4n) is 1.62. The van der Waals surface area contributed by atoms with Gasteiger partial charge < -0.3 is 9.47 Å². The second-order valence-corrected chi connectivity index (χ2v) is 4.78. The van der Waals surface area contributed by atoms with Crippen LogP contribution >= 0.6 is 0 Å². The van der Waals surface area contributed by atoms with Crippen LogP contribution in [0.5, 0.6) is 0 Å². The number of hydrogen-bond donors (Lipinski definition) is 0. The highest BCUT2D eigenvalue weighted by Crippen LogP contribution is 2.14. The predicted octanol–water partition coefficient (Wildman–Crippen LogP) is 4.30. The van der Waals surface area contributed by atoms with Crippen molar-refractivity contribution >= 4 is 0 Å². The lowest BCUT2D eigenvalue weighted by Gasteiger charge is -2.18. The summed E-state index contributed by atoms with van der Waals surface area (Å²) in [7, 11) is 0. The van der Waals surface area contributed by atoms with Crippen molar-refractivity contribution in [3.05, 3.63) is 11.8 Å². The van der Waals surface area contributed by atoms with E-state index >= 15 is 0 Å². The van der Waals surface area contributed by atoms with Crippen molar-refractivity contribution < 1.29 is 9.47 Å². The topological polar surface area (TPSA) is 18.5 Å². The predicted molar refractivity (Wildman–Crippen MR) is 69.5 cm³/mol. The van der Waals surface area contributed by atoms with Crippen molar-refractivity contribution in [3.8, 4) is 0 Å². The van der Waals surface area contributed by atoms with Gasteiger partial charge in [0.2, 0.25) is 0 Å². The van der Waals surface area contributed by atoms with Gasteiger partial charge >= 0.3 is 0 Å². The molecule has 0 rings (SSSR count). The largest absolute Gasteiger partial charge is 0.496 e. The number of allylic oxidation sites excluding steroid dienone is 2. The summed E-state index contributed by atoms with van der Waals surface area (Å²) < 4.78 is 11.5. The second-order valence-electron chi connectivity index (χ2n) is 4.78. The quantitative estimate of drug-likeness (QED) is 0.577. The molecule has 0 aromatic carbocycles. The minimum absolute atomic E-state index is 0.263. The van der Waals surface area contributed by atoms with Gasteiger partial charge in [-0.25, -0.2) is 0 Å². The molecule has 0 aliphatic carbocycles. The number of hydrogen-bond acceptors (Lipinski definition) is 2. The molecule has 0 saturated heterocycles. The summed E-state index contributed by atoms with van der Waals surface area (Å²) in [5, 5.41) is 0. The normalized spacial score (nSPS) is 14.6. The summed E-state index contributed by atoms with van der Waals surface area (Å²) in [6, 6.07) is 0. The van der Waals surface area contributed by atoms with Gasteiger partial charge in [-0.3, -0.25) is 0 Å². The molecule has 0 amide bonds. The maximum atomic E-state index is 5.75. The van der Waals surface area contributed by atoms with Crippen LogP contribution in [0.2, 0.25) is 0 Å². The lowest BCUT2D eigenvalue weighted by molar-refractivity contribution is 0.0112. The first-order chi connectivity index (χ1) is 7.45. The number of rotatable bonds is 8. The molecule has 0 radical (unpaired) electrons. The molecule has 2 heteroatoms. The standard InChI is InChI=1S/C14H28O2/c1-7-8-14(16-12(4)5)10-9-13(6)15-11(2)3/h8,11-13H,7,9-10H2,1-6H3/b14-8-. The Bertz CT molecular complexity index is 195. The molecule has 96 valence electrons. The molecule has 0 spiro atoms. The average Bonchev–Trinajstić information content (AvgIpc) is 2.12. The van der Waals surface area contributed by atoms with Crippen LogP contribution < -0.4 is 0 Å². The van der Waals surface area contributed by atoms with E-state index in [2.05, 4.69) is 47.6 Å². The molecule has 0 aliphatic heterocycles. The highest BCUT2D eigenvalue weighted by molar-refractivity contribution is 4.93. The minimum atomic E-state index is 0.263. The van der Waals surface area contributed by atoms with Crippen molar-refractivity contribution in [1.29, 1.82) is 0 Å². The van der Waals surface area contributed by atoms with Crippen LogP contribution in [0.3, 0.4) is 0 Å². The smallest absolute Gasteiger partial charge is 0.0926 e. The Balaban J connectivity index is 3.97. The molecule has 0 N–H and O–H groups in total. The van der Waals surface area contributed by atoms with Gasteiger partial charge in [0.1, 0.15) is 0 Å². The molecule has 0 fully saturated rings. The summed E-state index contributed by atoms with van der Waals surface area (Å²) in [4.78, 5) is 0. The van der Waals surface area contributed by atoms with E-state index in [0.29, 0.717) is 12.2 Å². The van der Waals surface area contributed by atoms with E-state index in [1.165, 1.54) is 0 Å². The third-order valence-corrected chi connectivity index (χ3v) is 2.12. The number of ether oxygens (including phenoxy) is 2. The Hall–Kier alpha value is -0.500. The zero-order valence-electron chi connectivity index (χ0n) is 11.7. The van der Waals surface area contributed by atoms with Crippen LogP contribution in [0.4, 0.5) is 0 Å². The monoisotopic (exact) mass is 228 g/mol. The van der Waals surface area contributed by atoms with E-state index in [1.54, 1.807) is 0 Å². The fourth-order valence-corrected chi connectivity index (χ4v) is 1.62. The second kappa shape index (κ2) is 8.63. The van der Waals surface area contributed by atoms with Crippen molar-refractivity contribution in [2.75, 3.05) is 0 Å². The maximum Gasteiger partial charge on any atom is 0.0926 e. The zero-order chi connectivity index (χ0) is 12.6. The first-order valence-electron chi connectivity index (χ1n) is 6.46. The summed E-state index contributed by atoms with van der Waals surface area (Å²) >= 11 is 0. The van der Waals surface area contributed by atoms with Crippen molar-refractivity contribution in [2.24, 2.45) is 0 Å². The molecule has 1 atom stereocenters. The Morgan fingerprint density at radius 2 is 1.69 bits per heavy atom. The molecular weight excluding hydrogens is 200 g/mol. The van der Waals surface area contributed by atoms with E-state index < -0.39 is 0 Å². The summed E-state index contributed by atoms with van der Waals surface area (Å²) in [6.07, 6.45) is 6.06. The van der Waals surface area contributed by atoms with Crippen LogP contribution in [0, 0.1) is 0 Å². The van der Waals surface area contributed by atoms with Gasteiger partial charge in [0.15, 0.2) is 0 Å². The van der Waals surface area contributed by atoms with Gasteiger partial charge in [0.25, 0.3) is 0 Å². The van der Waals surface area contributed by atoms with Crippen LogP contribution in [0.15, 0.2) is 11.8 Å². The van der Waals surface area contributed by atoms with Gasteiger partial charge in [-0.1, -0.05) is 6.92 Å². The highest BCUT2D eigenvalue weighted by Gasteiger charge is 2.08. The Morgan fingerprint density at radius 3 is 2.12 bits per heavy atom. The van der Waals surface area contributed by atoms with Gasteiger partial charge in [-0.15, -0.1) is 0 Å². The molecule has 0 aromatic rings. The molecule has 0 aliphatic rings. The van der Waals surface area contributed by atoms with E-state index in [0.717, 1.165) is 25.0 Å². The zero-order valence-corrected chi connectivity index (χ0v) is 11.7. The molecule has 0 aromatic heterocycles. The summed E-state index contributed by atoms with van der Waals surface area (Å²) in [5.74, 6) is 1.11. The van der Waals surface area contributed by atoms with Gasteiger partial charge in [0.05, 0.1) is 24.1 Å². The average molecular weight is 228 g/mol. The van der Waals surface area contributed by atoms with Gasteiger partial charge in [0, 0.05) is 6.42 Å². The van der Waals surface area contributed by atoms with E-state index in [9.17, 15) is 0 Å². The van der Waals surface area contributed by atoms with E-state index in [1.807, 2.05) is 0 Å². The Morgan fingerprint density at radius 1 is 1.06 bits per heavy atom. The lowest BCUT2D eigenvalue weighted by atomic mass is 10.1. The molecule has 0 heterocycles. The summed E-state index contributed by atoms with van der Waals surface area (Å²) in [6.45, 7) is 12.5. The Labute approximate surface area is 101 Å². The first-order valence-corrected chi connectivity index (χ1v) is 6.46. The van der Waals surface area contributed by atoms with Gasteiger partial charge in [-0.05, 0) is 53.5 Å². The van der Waals surface area contributed by atoms with Crippen molar-refractivity contribution in [3.63, 3.8) is 0 Å². The maximum absolute atomic E-state index is 5.75. The third kappa shape index (κ3) is 8.78. The Kier molecular flexibility index (Phi) is 8.36. The van der Waals surface area contributed by atoms with Crippen LogP contribution in [0.25, 0.3) is 0 Å². The lowest BCUT2D eigenvalue weighted by Crippen LogP contribution is -2.15. The molecule has 2 nitrogen and oxygen atoms in total. The van der Waals surface area contributed by atoms with Crippen molar-refractivity contribution in [1.82, 2.24) is 0 Å². The highest BCUT2D eigenvalue weighted by atomic mass is 16.5. The van der Waals surface area contributed by atoms with Gasteiger partial charge in [-0.2, -0.15) is 0 Å². The molecule has 1 unspecified atom stereocenters. The molecule has 0 bridgehead atoms. The first kappa shape index (κ1) is 15.5. The summed E-state index contributed by atoms with van der Waals surface area (Å²) in [5.41, 5.74) is 0.